The minimum absolute atomic E-state index is 0.103. The highest BCUT2D eigenvalue weighted by atomic mass is 16.5. The van der Waals surface area contributed by atoms with E-state index in [9.17, 15) is 14.7 Å². The van der Waals surface area contributed by atoms with Gasteiger partial charge in [-0.15, -0.1) is 0 Å². The van der Waals surface area contributed by atoms with Gasteiger partial charge in [0.25, 0.3) is 5.91 Å². The number of methoxy groups -OCH3 is 2. The standard InChI is InChI=1S/C33H42N4O7/c1-42-21-33(41)14-7-6-10-28(33)37-22-35-30(31(37)24-8-4-3-5-9-24)32(40)36-16-15-34-20-25(36)13-17-44-26-12-11-23(19-29(38)39)18-27(26)43-2/h3-5,8-9,11-12,18,22,25,28,34,41H,6-7,10,13-17,19-21H2,1-2H3,(H,38,39)/t25-,28-,33-/m1/s1. The van der Waals surface area contributed by atoms with Crippen LogP contribution in [0.2, 0.25) is 0 Å². The fraction of sp³-hybridized carbons (Fsp3) is 0.485. The number of amides is 1. The second kappa shape index (κ2) is 14.2. The number of benzene rings is 2. The number of imidazole rings is 1. The number of hydrogen-bond donors (Lipinski definition) is 3. The van der Waals surface area contributed by atoms with Crippen molar-refractivity contribution in [3.8, 4) is 22.8 Å². The van der Waals surface area contributed by atoms with Gasteiger partial charge in [-0.1, -0.05) is 49.2 Å². The molecule has 3 N–H and O–H groups in total. The average Bonchev–Trinajstić information content (AvgIpc) is 3.46. The largest absolute Gasteiger partial charge is 0.493 e. The minimum Gasteiger partial charge on any atom is -0.493 e. The molecule has 1 aliphatic carbocycles. The Labute approximate surface area is 257 Å². The Balaban J connectivity index is 1.37. The van der Waals surface area contributed by atoms with Gasteiger partial charge in [-0.2, -0.15) is 0 Å². The van der Waals surface area contributed by atoms with Crippen LogP contribution < -0.4 is 14.8 Å². The van der Waals surface area contributed by atoms with Crippen molar-refractivity contribution >= 4 is 11.9 Å². The maximum Gasteiger partial charge on any atom is 0.307 e. The van der Waals surface area contributed by atoms with E-state index in [-0.39, 0.29) is 31.0 Å². The van der Waals surface area contributed by atoms with Gasteiger partial charge in [0.2, 0.25) is 0 Å². The summed E-state index contributed by atoms with van der Waals surface area (Å²) >= 11 is 0. The summed E-state index contributed by atoms with van der Waals surface area (Å²) < 4.78 is 18.9. The summed E-state index contributed by atoms with van der Waals surface area (Å²) in [6, 6.07) is 14.5. The third-order valence-electron chi connectivity index (χ3n) is 8.63. The number of nitrogens with zero attached hydrogens (tertiary/aromatic N) is 3. The van der Waals surface area contributed by atoms with E-state index in [0.717, 1.165) is 24.8 Å². The normalized spacial score (nSPS) is 22.0. The van der Waals surface area contributed by atoms with Gasteiger partial charge < -0.3 is 39.2 Å². The zero-order valence-corrected chi connectivity index (χ0v) is 25.4. The summed E-state index contributed by atoms with van der Waals surface area (Å²) in [5.74, 6) is -0.0900. The molecular formula is C33H42N4O7. The molecule has 0 unspecified atom stereocenters. The molecule has 11 nitrogen and oxygen atoms in total. The summed E-state index contributed by atoms with van der Waals surface area (Å²) in [7, 11) is 3.12. The number of carbonyl (C=O) groups excluding carboxylic acids is 1. The lowest BCUT2D eigenvalue weighted by molar-refractivity contribution is -0.136. The first-order chi connectivity index (χ1) is 21.3. The number of carbonyl (C=O) groups is 2. The van der Waals surface area contributed by atoms with E-state index in [1.165, 1.54) is 7.11 Å². The number of ether oxygens (including phenoxy) is 3. The summed E-state index contributed by atoms with van der Waals surface area (Å²) in [5.41, 5.74) is 1.51. The van der Waals surface area contributed by atoms with Crippen molar-refractivity contribution in [2.45, 2.75) is 56.2 Å². The number of aliphatic hydroxyl groups is 1. The fourth-order valence-corrected chi connectivity index (χ4v) is 6.50. The van der Waals surface area contributed by atoms with Crippen LogP contribution in [0.4, 0.5) is 0 Å². The Kier molecular flexibility index (Phi) is 10.2. The van der Waals surface area contributed by atoms with Gasteiger partial charge in [0.15, 0.2) is 17.2 Å². The van der Waals surface area contributed by atoms with E-state index >= 15 is 0 Å². The van der Waals surface area contributed by atoms with E-state index < -0.39 is 11.6 Å². The van der Waals surface area contributed by atoms with Crippen LogP contribution in [0.25, 0.3) is 11.3 Å². The van der Waals surface area contributed by atoms with Crippen molar-refractivity contribution in [1.82, 2.24) is 19.8 Å². The number of carboxylic acids is 1. The predicted molar refractivity (Wildman–Crippen MR) is 164 cm³/mol. The van der Waals surface area contributed by atoms with Gasteiger partial charge in [0.1, 0.15) is 5.60 Å². The predicted octanol–water partition coefficient (Wildman–Crippen LogP) is 3.56. The first-order valence-corrected chi connectivity index (χ1v) is 15.2. The Morgan fingerprint density at radius 3 is 2.68 bits per heavy atom. The van der Waals surface area contributed by atoms with E-state index in [1.807, 2.05) is 39.8 Å². The smallest absolute Gasteiger partial charge is 0.307 e. The Morgan fingerprint density at radius 2 is 1.93 bits per heavy atom. The highest BCUT2D eigenvalue weighted by Gasteiger charge is 2.42. The van der Waals surface area contributed by atoms with Crippen LogP contribution in [0.1, 0.15) is 54.2 Å². The SMILES string of the molecule is COC[C@]1(O)CCCC[C@H]1n1cnc(C(=O)N2CCNC[C@H]2CCOc2ccc(CC(=O)O)cc2OC)c1-c1ccccc1. The Morgan fingerprint density at radius 1 is 1.11 bits per heavy atom. The molecule has 0 bridgehead atoms. The molecule has 3 aromatic rings. The molecule has 1 saturated carbocycles. The highest BCUT2D eigenvalue weighted by Crippen LogP contribution is 2.41. The molecule has 2 aliphatic rings. The Hall–Kier alpha value is -3.93. The zero-order valence-electron chi connectivity index (χ0n) is 25.4. The molecule has 0 spiro atoms. The number of aliphatic carboxylic acids is 1. The quantitative estimate of drug-likeness (QED) is 0.283. The number of piperazine rings is 1. The first kappa shape index (κ1) is 31.5. The van der Waals surface area contributed by atoms with E-state index in [2.05, 4.69) is 5.32 Å². The van der Waals surface area contributed by atoms with Crippen molar-refractivity contribution in [3.63, 3.8) is 0 Å². The first-order valence-electron chi connectivity index (χ1n) is 15.2. The molecule has 236 valence electrons. The number of nitrogens with one attached hydrogen (secondary N) is 1. The lowest BCUT2D eigenvalue weighted by Crippen LogP contribution is -2.54. The van der Waals surface area contributed by atoms with E-state index in [4.69, 9.17) is 24.3 Å². The third-order valence-corrected chi connectivity index (χ3v) is 8.63. The van der Waals surface area contributed by atoms with Gasteiger partial charge in [-0.05, 0) is 30.5 Å². The molecule has 44 heavy (non-hydrogen) atoms. The number of hydrogen-bond acceptors (Lipinski definition) is 8. The van der Waals surface area contributed by atoms with E-state index in [0.29, 0.717) is 67.5 Å². The third kappa shape index (κ3) is 6.90. The molecule has 1 saturated heterocycles. The number of carboxylic acid groups (broad SMARTS) is 1. The molecule has 1 amide bonds. The monoisotopic (exact) mass is 606 g/mol. The maximum atomic E-state index is 14.3. The van der Waals surface area contributed by atoms with Crippen molar-refractivity contribution in [2.75, 3.05) is 47.1 Å². The molecule has 3 atom stereocenters. The molecule has 5 rings (SSSR count). The van der Waals surface area contributed by atoms with Crippen LogP contribution in [0.3, 0.4) is 0 Å². The molecule has 2 aromatic carbocycles. The van der Waals surface area contributed by atoms with Crippen LogP contribution in [0.15, 0.2) is 54.9 Å². The number of aromatic nitrogens is 2. The van der Waals surface area contributed by atoms with Crippen molar-refractivity contribution in [3.05, 3.63) is 66.1 Å². The van der Waals surface area contributed by atoms with Crippen molar-refractivity contribution in [2.24, 2.45) is 0 Å². The van der Waals surface area contributed by atoms with Gasteiger partial charge >= 0.3 is 5.97 Å². The topological polar surface area (TPSA) is 135 Å². The second-order valence-corrected chi connectivity index (χ2v) is 11.6. The van der Waals surface area contributed by atoms with Gasteiger partial charge in [-0.3, -0.25) is 9.59 Å². The molecule has 1 aliphatic heterocycles. The van der Waals surface area contributed by atoms with Crippen molar-refractivity contribution in [1.29, 1.82) is 0 Å². The van der Waals surface area contributed by atoms with Gasteiger partial charge in [0, 0.05) is 44.8 Å². The molecule has 2 fully saturated rings. The molecule has 2 heterocycles. The van der Waals surface area contributed by atoms with E-state index in [1.54, 1.807) is 31.6 Å². The van der Waals surface area contributed by atoms with Crippen LogP contribution >= 0.6 is 0 Å². The highest BCUT2D eigenvalue weighted by molar-refractivity contribution is 5.98. The Bertz CT molecular complexity index is 1420. The van der Waals surface area contributed by atoms with Crippen LogP contribution in [0.5, 0.6) is 11.5 Å². The van der Waals surface area contributed by atoms with Crippen LogP contribution in [-0.2, 0) is 16.0 Å². The fourth-order valence-electron chi connectivity index (χ4n) is 6.50. The average molecular weight is 607 g/mol. The lowest BCUT2D eigenvalue weighted by Gasteiger charge is -2.41. The summed E-state index contributed by atoms with van der Waals surface area (Å²) in [6.07, 6.45) is 5.43. The molecule has 11 heteroatoms. The van der Waals surface area contributed by atoms with Crippen LogP contribution in [-0.4, -0.2) is 95.3 Å². The summed E-state index contributed by atoms with van der Waals surface area (Å²) in [4.78, 5) is 31.9. The lowest BCUT2D eigenvalue weighted by atomic mass is 9.80. The number of rotatable bonds is 12. The molecule has 0 radical (unpaired) electrons. The second-order valence-electron chi connectivity index (χ2n) is 11.6. The summed E-state index contributed by atoms with van der Waals surface area (Å²) in [6.45, 7) is 2.34. The van der Waals surface area contributed by atoms with Crippen LogP contribution in [0, 0.1) is 0 Å². The van der Waals surface area contributed by atoms with Gasteiger partial charge in [0.05, 0.1) is 44.8 Å². The van der Waals surface area contributed by atoms with Gasteiger partial charge in [-0.25, -0.2) is 4.98 Å². The molecule has 1 aromatic heterocycles. The summed E-state index contributed by atoms with van der Waals surface area (Å²) in [5, 5.41) is 24.1. The minimum atomic E-state index is -1.06. The van der Waals surface area contributed by atoms with Crippen molar-refractivity contribution < 1.29 is 34.0 Å². The maximum absolute atomic E-state index is 14.3. The molecular weight excluding hydrogens is 564 g/mol. The zero-order chi connectivity index (χ0) is 31.1.